The SMILES string of the molecule is CN=C(NCC(C)Sc1ccccc1)N1CCC(C)C(n2ccnc2)C1.I. The van der Waals surface area contributed by atoms with Crippen molar-refractivity contribution in [2.24, 2.45) is 10.9 Å². The number of hydrogen-bond acceptors (Lipinski definition) is 3. The minimum absolute atomic E-state index is 0. The number of piperidine rings is 1. The quantitative estimate of drug-likeness (QED) is 0.291. The Kier molecular flexibility index (Phi) is 8.95. The lowest BCUT2D eigenvalue weighted by molar-refractivity contribution is 0.189. The minimum Gasteiger partial charge on any atom is -0.355 e. The Hall–Kier alpha value is -1.22. The van der Waals surface area contributed by atoms with Gasteiger partial charge in [-0.25, -0.2) is 4.98 Å². The third-order valence-electron chi connectivity index (χ3n) is 4.97. The molecule has 1 fully saturated rings. The zero-order valence-electron chi connectivity index (χ0n) is 16.3. The van der Waals surface area contributed by atoms with Gasteiger partial charge >= 0.3 is 0 Å². The van der Waals surface area contributed by atoms with Gasteiger partial charge in [-0.15, -0.1) is 35.7 Å². The molecule has 0 bridgehead atoms. The van der Waals surface area contributed by atoms with Crippen molar-refractivity contribution < 1.29 is 0 Å². The highest BCUT2D eigenvalue weighted by Crippen LogP contribution is 2.27. The second kappa shape index (κ2) is 10.9. The van der Waals surface area contributed by atoms with Gasteiger partial charge in [-0.3, -0.25) is 4.99 Å². The third-order valence-corrected chi connectivity index (χ3v) is 6.08. The summed E-state index contributed by atoms with van der Waals surface area (Å²) >= 11 is 1.89. The van der Waals surface area contributed by atoms with Crippen LogP contribution >= 0.6 is 35.7 Å². The van der Waals surface area contributed by atoms with Crippen LogP contribution in [0.25, 0.3) is 0 Å². The van der Waals surface area contributed by atoms with E-state index < -0.39 is 0 Å². The van der Waals surface area contributed by atoms with E-state index in [4.69, 9.17) is 0 Å². The van der Waals surface area contributed by atoms with Crippen LogP contribution < -0.4 is 5.32 Å². The predicted octanol–water partition coefficient (Wildman–Crippen LogP) is 4.14. The van der Waals surface area contributed by atoms with E-state index in [2.05, 4.69) is 75.1 Å². The first-order chi connectivity index (χ1) is 12.7. The molecule has 1 aliphatic heterocycles. The van der Waals surface area contributed by atoms with E-state index >= 15 is 0 Å². The Bertz CT molecular complexity index is 692. The summed E-state index contributed by atoms with van der Waals surface area (Å²) in [6.07, 6.45) is 7.03. The van der Waals surface area contributed by atoms with Gasteiger partial charge in [0.05, 0.1) is 12.4 Å². The van der Waals surface area contributed by atoms with Crippen LogP contribution in [0.15, 0.2) is 58.9 Å². The molecule has 0 aliphatic carbocycles. The molecule has 1 aromatic heterocycles. The van der Waals surface area contributed by atoms with Crippen LogP contribution in [0.5, 0.6) is 0 Å². The van der Waals surface area contributed by atoms with Crippen molar-refractivity contribution in [3.05, 3.63) is 49.1 Å². The summed E-state index contributed by atoms with van der Waals surface area (Å²) in [5.74, 6) is 1.65. The molecule has 3 atom stereocenters. The van der Waals surface area contributed by atoms with Gasteiger partial charge in [0, 0.05) is 49.2 Å². The van der Waals surface area contributed by atoms with Gasteiger partial charge in [0.2, 0.25) is 0 Å². The number of rotatable bonds is 5. The van der Waals surface area contributed by atoms with Crippen LogP contribution in [-0.4, -0.2) is 52.3 Å². The van der Waals surface area contributed by atoms with Crippen molar-refractivity contribution in [3.63, 3.8) is 0 Å². The zero-order valence-corrected chi connectivity index (χ0v) is 19.4. The molecule has 1 N–H and O–H groups in total. The number of imidazole rings is 1. The van der Waals surface area contributed by atoms with Crippen molar-refractivity contribution in [2.45, 2.75) is 36.5 Å². The Labute approximate surface area is 184 Å². The first kappa shape index (κ1) is 22.1. The average molecular weight is 499 g/mol. The summed E-state index contributed by atoms with van der Waals surface area (Å²) in [5.41, 5.74) is 0. The molecule has 3 unspecified atom stereocenters. The molecule has 3 rings (SSSR count). The van der Waals surface area contributed by atoms with E-state index in [1.807, 2.05) is 31.3 Å². The Morgan fingerprint density at radius 1 is 1.37 bits per heavy atom. The van der Waals surface area contributed by atoms with Gasteiger partial charge in [0.15, 0.2) is 5.96 Å². The number of nitrogens with one attached hydrogen (secondary N) is 1. The molecule has 1 saturated heterocycles. The molecular weight excluding hydrogens is 469 g/mol. The highest BCUT2D eigenvalue weighted by Gasteiger charge is 2.28. The van der Waals surface area contributed by atoms with Crippen LogP contribution in [0.4, 0.5) is 0 Å². The van der Waals surface area contributed by atoms with Crippen molar-refractivity contribution >= 4 is 41.7 Å². The van der Waals surface area contributed by atoms with E-state index in [-0.39, 0.29) is 24.0 Å². The van der Waals surface area contributed by atoms with Crippen molar-refractivity contribution in [3.8, 4) is 0 Å². The first-order valence-electron chi connectivity index (χ1n) is 9.32. The van der Waals surface area contributed by atoms with Crippen LogP contribution in [0.2, 0.25) is 0 Å². The van der Waals surface area contributed by atoms with E-state index in [1.54, 1.807) is 0 Å². The summed E-state index contributed by atoms with van der Waals surface area (Å²) < 4.78 is 2.23. The minimum atomic E-state index is 0. The van der Waals surface area contributed by atoms with E-state index in [0.717, 1.165) is 32.0 Å². The highest BCUT2D eigenvalue weighted by atomic mass is 127. The molecular formula is C20H30IN5S. The maximum absolute atomic E-state index is 4.53. The molecule has 0 saturated carbocycles. The van der Waals surface area contributed by atoms with E-state index in [0.29, 0.717) is 17.2 Å². The molecule has 2 heterocycles. The van der Waals surface area contributed by atoms with Crippen LogP contribution in [0.1, 0.15) is 26.3 Å². The molecule has 0 spiro atoms. The second-order valence-corrected chi connectivity index (χ2v) is 8.47. The summed E-state index contributed by atoms with van der Waals surface area (Å²) in [6, 6.07) is 11.0. The average Bonchev–Trinajstić information content (AvgIpc) is 3.18. The number of aliphatic imine (C=N–C) groups is 1. The number of benzene rings is 1. The van der Waals surface area contributed by atoms with Gasteiger partial charge in [-0.1, -0.05) is 32.0 Å². The normalized spacial score (nSPS) is 21.4. The largest absolute Gasteiger partial charge is 0.355 e. The number of halogens is 1. The number of hydrogen-bond donors (Lipinski definition) is 1. The van der Waals surface area contributed by atoms with Gasteiger partial charge < -0.3 is 14.8 Å². The smallest absolute Gasteiger partial charge is 0.193 e. The van der Waals surface area contributed by atoms with E-state index in [9.17, 15) is 0 Å². The lowest BCUT2D eigenvalue weighted by atomic mass is 9.93. The van der Waals surface area contributed by atoms with Gasteiger partial charge in [0.1, 0.15) is 0 Å². The lowest BCUT2D eigenvalue weighted by Gasteiger charge is -2.39. The van der Waals surface area contributed by atoms with Gasteiger partial charge in [-0.05, 0) is 24.5 Å². The van der Waals surface area contributed by atoms with Crippen LogP contribution in [0.3, 0.4) is 0 Å². The fraction of sp³-hybridized carbons (Fsp3) is 0.500. The third kappa shape index (κ3) is 6.14. The standard InChI is InChI=1S/C20H29N5S.HI/c1-16-9-11-24(14-19(16)25-12-10-22-15-25)20(21-3)23-13-17(2)26-18-7-5-4-6-8-18;/h4-8,10,12,15-17,19H,9,11,13-14H2,1-3H3,(H,21,23);1H. The Morgan fingerprint density at radius 3 is 2.81 bits per heavy atom. The summed E-state index contributed by atoms with van der Waals surface area (Å²) in [5, 5.41) is 4.04. The van der Waals surface area contributed by atoms with Crippen molar-refractivity contribution in [1.82, 2.24) is 19.8 Å². The molecule has 0 amide bonds. The molecule has 2 aromatic rings. The van der Waals surface area contributed by atoms with Gasteiger partial charge in [-0.2, -0.15) is 0 Å². The number of thioether (sulfide) groups is 1. The van der Waals surface area contributed by atoms with E-state index in [1.165, 1.54) is 4.90 Å². The molecule has 0 radical (unpaired) electrons. The molecule has 7 heteroatoms. The Balaban J connectivity index is 0.00000261. The predicted molar refractivity (Wildman–Crippen MR) is 125 cm³/mol. The first-order valence-corrected chi connectivity index (χ1v) is 10.2. The van der Waals surface area contributed by atoms with Crippen molar-refractivity contribution in [1.29, 1.82) is 0 Å². The summed E-state index contributed by atoms with van der Waals surface area (Å²) in [7, 11) is 1.88. The van der Waals surface area contributed by atoms with Gasteiger partial charge in [0.25, 0.3) is 0 Å². The maximum Gasteiger partial charge on any atom is 0.193 e. The number of nitrogens with zero attached hydrogens (tertiary/aromatic N) is 4. The lowest BCUT2D eigenvalue weighted by Crippen LogP contribution is -2.49. The second-order valence-electron chi connectivity index (χ2n) is 6.96. The maximum atomic E-state index is 4.53. The van der Waals surface area contributed by atoms with Crippen LogP contribution in [0, 0.1) is 5.92 Å². The summed E-state index contributed by atoms with van der Waals surface area (Å²) in [4.78, 5) is 12.4. The molecule has 27 heavy (non-hydrogen) atoms. The fourth-order valence-electron chi connectivity index (χ4n) is 3.44. The fourth-order valence-corrected chi connectivity index (χ4v) is 4.38. The zero-order chi connectivity index (χ0) is 18.4. The van der Waals surface area contributed by atoms with Crippen LogP contribution in [-0.2, 0) is 0 Å². The molecule has 5 nitrogen and oxygen atoms in total. The molecule has 1 aliphatic rings. The van der Waals surface area contributed by atoms with Crippen molar-refractivity contribution in [2.75, 3.05) is 26.7 Å². The number of likely N-dealkylation sites (tertiary alicyclic amines) is 1. The summed E-state index contributed by atoms with van der Waals surface area (Å²) in [6.45, 7) is 7.50. The molecule has 1 aromatic carbocycles. The topological polar surface area (TPSA) is 45.5 Å². The molecule has 148 valence electrons. The highest BCUT2D eigenvalue weighted by molar-refractivity contribution is 14.0. The Morgan fingerprint density at radius 2 is 2.15 bits per heavy atom. The number of aromatic nitrogens is 2. The number of guanidine groups is 1. The monoisotopic (exact) mass is 499 g/mol.